The topological polar surface area (TPSA) is 115 Å². The average Bonchev–Trinajstić information content (AvgIpc) is 2.71. The standard InChI is InChI=1S/C20H28N4O4S/c1-4-22-20(24-14-16-6-5-7-17(12-16)29(21,25)26)23-11-10-15-8-9-18(27-2)19(13-15)28-3/h5-9,12-13H,4,10-11,14H2,1-3H3,(H2,21,25,26)(H2,22,23,24). The Labute approximate surface area is 172 Å². The fourth-order valence-corrected chi connectivity index (χ4v) is 3.28. The summed E-state index contributed by atoms with van der Waals surface area (Å²) in [5.41, 5.74) is 1.86. The van der Waals surface area contributed by atoms with Gasteiger partial charge in [0.2, 0.25) is 10.0 Å². The molecule has 0 radical (unpaired) electrons. The first-order chi connectivity index (χ1) is 13.9. The maximum Gasteiger partial charge on any atom is 0.238 e. The van der Waals surface area contributed by atoms with Crippen molar-refractivity contribution in [2.24, 2.45) is 10.1 Å². The van der Waals surface area contributed by atoms with Crippen LogP contribution in [0.4, 0.5) is 0 Å². The molecule has 0 bridgehead atoms. The molecule has 4 N–H and O–H groups in total. The molecule has 0 aromatic heterocycles. The van der Waals surface area contributed by atoms with Crippen molar-refractivity contribution in [3.63, 3.8) is 0 Å². The molecule has 0 saturated heterocycles. The number of sulfonamides is 1. The molecule has 2 aromatic carbocycles. The Balaban J connectivity index is 1.99. The fourth-order valence-electron chi connectivity index (χ4n) is 2.69. The molecule has 0 aliphatic heterocycles. The number of primary sulfonamides is 1. The third kappa shape index (κ3) is 6.95. The Morgan fingerprint density at radius 3 is 2.45 bits per heavy atom. The second-order valence-corrected chi connectivity index (χ2v) is 7.82. The summed E-state index contributed by atoms with van der Waals surface area (Å²) in [6.07, 6.45) is 0.770. The molecule has 0 fully saturated rings. The number of hydrogen-bond donors (Lipinski definition) is 3. The van der Waals surface area contributed by atoms with Crippen LogP contribution in [0.15, 0.2) is 52.4 Å². The van der Waals surface area contributed by atoms with E-state index in [2.05, 4.69) is 15.6 Å². The number of rotatable bonds is 9. The van der Waals surface area contributed by atoms with Gasteiger partial charge in [0.1, 0.15) is 0 Å². The van der Waals surface area contributed by atoms with Crippen molar-refractivity contribution in [1.82, 2.24) is 10.6 Å². The Bertz CT molecular complexity index is 945. The molecule has 0 aliphatic carbocycles. The SMILES string of the molecule is CCNC(=NCc1cccc(S(N)(=O)=O)c1)NCCc1ccc(OC)c(OC)c1. The predicted octanol–water partition coefficient (Wildman–Crippen LogP) is 1.65. The van der Waals surface area contributed by atoms with Gasteiger partial charge in [-0.25, -0.2) is 18.5 Å². The minimum atomic E-state index is -3.73. The Kier molecular flexibility index (Phi) is 8.29. The summed E-state index contributed by atoms with van der Waals surface area (Å²) in [4.78, 5) is 4.59. The van der Waals surface area contributed by atoms with Crippen molar-refractivity contribution in [3.05, 3.63) is 53.6 Å². The van der Waals surface area contributed by atoms with E-state index >= 15 is 0 Å². The van der Waals surface area contributed by atoms with Crippen LogP contribution in [0.5, 0.6) is 11.5 Å². The third-order valence-electron chi connectivity index (χ3n) is 4.15. The first kappa shape index (κ1) is 22.5. The lowest BCUT2D eigenvalue weighted by Gasteiger charge is -2.13. The van der Waals surface area contributed by atoms with Crippen LogP contribution in [0, 0.1) is 0 Å². The largest absolute Gasteiger partial charge is 0.493 e. The number of guanidine groups is 1. The molecule has 8 nitrogen and oxygen atoms in total. The average molecular weight is 421 g/mol. The highest BCUT2D eigenvalue weighted by Gasteiger charge is 2.08. The number of nitrogens with one attached hydrogen (secondary N) is 2. The fraction of sp³-hybridized carbons (Fsp3) is 0.350. The van der Waals surface area contributed by atoms with Gasteiger partial charge in [0.05, 0.1) is 25.7 Å². The third-order valence-corrected chi connectivity index (χ3v) is 5.06. The van der Waals surface area contributed by atoms with Gasteiger partial charge in [-0.2, -0.15) is 0 Å². The van der Waals surface area contributed by atoms with Crippen LogP contribution in [0.25, 0.3) is 0 Å². The molecule has 29 heavy (non-hydrogen) atoms. The number of nitrogens with two attached hydrogens (primary N) is 1. The highest BCUT2D eigenvalue weighted by molar-refractivity contribution is 7.89. The number of methoxy groups -OCH3 is 2. The Morgan fingerprint density at radius 2 is 1.79 bits per heavy atom. The maximum atomic E-state index is 11.5. The minimum Gasteiger partial charge on any atom is -0.493 e. The van der Waals surface area contributed by atoms with Crippen molar-refractivity contribution in [3.8, 4) is 11.5 Å². The van der Waals surface area contributed by atoms with E-state index in [1.807, 2.05) is 31.2 Å². The van der Waals surface area contributed by atoms with Gasteiger partial charge in [-0.15, -0.1) is 0 Å². The molecule has 158 valence electrons. The van der Waals surface area contributed by atoms with Crippen molar-refractivity contribution < 1.29 is 17.9 Å². The zero-order chi connectivity index (χ0) is 21.3. The van der Waals surface area contributed by atoms with Gasteiger partial charge in [-0.3, -0.25) is 0 Å². The van der Waals surface area contributed by atoms with Crippen molar-refractivity contribution >= 4 is 16.0 Å². The Hall–Kier alpha value is -2.78. The molecule has 0 amide bonds. The van der Waals surface area contributed by atoms with Crippen LogP contribution >= 0.6 is 0 Å². The summed E-state index contributed by atoms with van der Waals surface area (Å²) < 4.78 is 33.6. The number of aliphatic imine (C=N–C) groups is 1. The first-order valence-corrected chi connectivity index (χ1v) is 10.8. The van der Waals surface area contributed by atoms with Gasteiger partial charge >= 0.3 is 0 Å². The van der Waals surface area contributed by atoms with Gasteiger partial charge in [0.25, 0.3) is 0 Å². The Morgan fingerprint density at radius 1 is 1.03 bits per heavy atom. The number of benzene rings is 2. The summed E-state index contributed by atoms with van der Waals surface area (Å²) in [6, 6.07) is 12.3. The van der Waals surface area contributed by atoms with Crippen LogP contribution in [-0.4, -0.2) is 41.7 Å². The van der Waals surface area contributed by atoms with E-state index < -0.39 is 10.0 Å². The summed E-state index contributed by atoms with van der Waals surface area (Å²) in [5, 5.41) is 11.6. The van der Waals surface area contributed by atoms with E-state index in [9.17, 15) is 8.42 Å². The molecule has 2 rings (SSSR count). The molecule has 0 saturated carbocycles. The van der Waals surface area contributed by atoms with E-state index in [1.165, 1.54) is 12.1 Å². The second kappa shape index (κ2) is 10.7. The van der Waals surface area contributed by atoms with Gasteiger partial charge < -0.3 is 20.1 Å². The van der Waals surface area contributed by atoms with Crippen molar-refractivity contribution in [2.75, 3.05) is 27.3 Å². The first-order valence-electron chi connectivity index (χ1n) is 9.22. The van der Waals surface area contributed by atoms with Crippen LogP contribution in [0.3, 0.4) is 0 Å². The van der Waals surface area contributed by atoms with E-state index in [0.717, 1.165) is 17.5 Å². The van der Waals surface area contributed by atoms with Crippen molar-refractivity contribution in [2.45, 2.75) is 24.8 Å². The van der Waals surface area contributed by atoms with Crippen LogP contribution in [0.2, 0.25) is 0 Å². The zero-order valence-corrected chi connectivity index (χ0v) is 17.8. The van der Waals surface area contributed by atoms with Crippen LogP contribution < -0.4 is 25.2 Å². The maximum absolute atomic E-state index is 11.5. The lowest BCUT2D eigenvalue weighted by molar-refractivity contribution is 0.354. The van der Waals surface area contributed by atoms with Crippen LogP contribution in [0.1, 0.15) is 18.1 Å². The molecule has 0 heterocycles. The molecule has 9 heteroatoms. The zero-order valence-electron chi connectivity index (χ0n) is 16.9. The smallest absolute Gasteiger partial charge is 0.238 e. The predicted molar refractivity (Wildman–Crippen MR) is 114 cm³/mol. The summed E-state index contributed by atoms with van der Waals surface area (Å²) in [6.45, 7) is 3.68. The second-order valence-electron chi connectivity index (χ2n) is 6.25. The molecular weight excluding hydrogens is 392 g/mol. The monoisotopic (exact) mass is 420 g/mol. The van der Waals surface area contributed by atoms with Gasteiger partial charge in [0.15, 0.2) is 17.5 Å². The molecule has 0 aliphatic rings. The minimum absolute atomic E-state index is 0.0802. The highest BCUT2D eigenvalue weighted by atomic mass is 32.2. The van der Waals surface area contributed by atoms with Gasteiger partial charge in [-0.05, 0) is 48.7 Å². The quantitative estimate of drug-likeness (QED) is 0.420. The van der Waals surface area contributed by atoms with E-state index in [0.29, 0.717) is 37.1 Å². The number of hydrogen-bond acceptors (Lipinski definition) is 5. The van der Waals surface area contributed by atoms with Gasteiger partial charge in [0, 0.05) is 13.1 Å². The molecule has 0 unspecified atom stereocenters. The molecular formula is C20H28N4O4S. The van der Waals surface area contributed by atoms with Crippen LogP contribution in [-0.2, 0) is 23.0 Å². The summed E-state index contributed by atoms with van der Waals surface area (Å²) in [5.74, 6) is 2.04. The normalized spacial score (nSPS) is 11.8. The highest BCUT2D eigenvalue weighted by Crippen LogP contribution is 2.27. The molecule has 2 aromatic rings. The van der Waals surface area contributed by atoms with E-state index in [-0.39, 0.29) is 4.90 Å². The lowest BCUT2D eigenvalue weighted by Crippen LogP contribution is -2.38. The molecule has 0 atom stereocenters. The number of nitrogens with zero attached hydrogens (tertiary/aromatic N) is 1. The summed E-state index contributed by atoms with van der Waals surface area (Å²) >= 11 is 0. The number of ether oxygens (including phenoxy) is 2. The molecule has 0 spiro atoms. The van der Waals surface area contributed by atoms with E-state index in [1.54, 1.807) is 20.3 Å². The van der Waals surface area contributed by atoms with E-state index in [4.69, 9.17) is 14.6 Å². The van der Waals surface area contributed by atoms with Crippen molar-refractivity contribution in [1.29, 1.82) is 0 Å². The van der Waals surface area contributed by atoms with Gasteiger partial charge in [-0.1, -0.05) is 18.2 Å². The lowest BCUT2D eigenvalue weighted by atomic mass is 10.1. The summed E-state index contributed by atoms with van der Waals surface area (Å²) in [7, 11) is -0.509.